The van der Waals surface area contributed by atoms with Crippen LogP contribution in [-0.4, -0.2) is 33.9 Å². The lowest BCUT2D eigenvalue weighted by molar-refractivity contribution is -0.135. The van der Waals surface area contributed by atoms with Crippen molar-refractivity contribution >= 4 is 5.91 Å². The van der Waals surface area contributed by atoms with Crippen molar-refractivity contribution in [3.8, 4) is 0 Å². The summed E-state index contributed by atoms with van der Waals surface area (Å²) in [7, 11) is 0. The summed E-state index contributed by atoms with van der Waals surface area (Å²) in [5.41, 5.74) is 1.11. The lowest BCUT2D eigenvalue weighted by atomic mass is 9.88. The fourth-order valence-corrected chi connectivity index (χ4v) is 5.12. The van der Waals surface area contributed by atoms with Gasteiger partial charge in [0.15, 0.2) is 0 Å². The van der Waals surface area contributed by atoms with Gasteiger partial charge in [-0.2, -0.15) is 0 Å². The average molecular weight is 313 g/mol. The normalized spacial score (nSPS) is 31.3. The highest BCUT2D eigenvalue weighted by atomic mass is 16.2. The molecule has 4 heteroatoms. The van der Waals surface area contributed by atoms with E-state index in [0.29, 0.717) is 23.7 Å². The fourth-order valence-electron chi connectivity index (χ4n) is 5.12. The first-order valence-corrected chi connectivity index (χ1v) is 9.35. The summed E-state index contributed by atoms with van der Waals surface area (Å²) in [6.07, 6.45) is 15.1. The topological polar surface area (TPSA) is 46.1 Å². The van der Waals surface area contributed by atoms with Crippen LogP contribution in [0.5, 0.6) is 0 Å². The highest BCUT2D eigenvalue weighted by Crippen LogP contribution is 2.44. The number of hydrogen-bond donors (Lipinski definition) is 0. The maximum absolute atomic E-state index is 12.8. The zero-order valence-corrected chi connectivity index (χ0v) is 13.9. The highest BCUT2D eigenvalue weighted by molar-refractivity contribution is 5.79. The van der Waals surface area contributed by atoms with Gasteiger partial charge in [0.1, 0.15) is 0 Å². The van der Waals surface area contributed by atoms with Crippen molar-refractivity contribution in [2.45, 2.75) is 51.4 Å². The quantitative estimate of drug-likeness (QED) is 0.861. The van der Waals surface area contributed by atoms with Crippen LogP contribution < -0.4 is 0 Å². The summed E-state index contributed by atoms with van der Waals surface area (Å²) in [5.74, 6) is 2.87. The number of amides is 1. The third-order valence-corrected chi connectivity index (χ3v) is 6.36. The smallest absolute Gasteiger partial charge is 0.225 e. The molecule has 0 spiro atoms. The largest absolute Gasteiger partial charge is 0.342 e. The summed E-state index contributed by atoms with van der Waals surface area (Å²) in [6.45, 7) is 2.00. The molecule has 0 N–H and O–H groups in total. The lowest BCUT2D eigenvalue weighted by Crippen LogP contribution is -2.36. The molecule has 1 aromatic rings. The number of aromatic nitrogens is 2. The van der Waals surface area contributed by atoms with Gasteiger partial charge in [0.2, 0.25) is 5.91 Å². The van der Waals surface area contributed by atoms with Crippen molar-refractivity contribution in [2.75, 3.05) is 13.1 Å². The molecule has 3 aliphatic rings. The molecule has 2 heterocycles. The molecule has 0 aromatic carbocycles. The molecule has 3 fully saturated rings. The molecule has 124 valence electrons. The fraction of sp³-hybridized carbons (Fsp3) is 0.737. The summed E-state index contributed by atoms with van der Waals surface area (Å²) < 4.78 is 0. The number of nitrogens with zero attached hydrogens (tertiary/aromatic N) is 3. The minimum atomic E-state index is 0.320. The third-order valence-electron chi connectivity index (χ3n) is 6.36. The minimum Gasteiger partial charge on any atom is -0.342 e. The van der Waals surface area contributed by atoms with E-state index < -0.39 is 0 Å². The van der Waals surface area contributed by atoms with Crippen molar-refractivity contribution in [1.29, 1.82) is 0 Å². The SMILES string of the molecule is O=C(C1CCCCC1)N1C[C@H]2CC[C@H](Cc3cnccn3)[C@H]2C1. The van der Waals surface area contributed by atoms with Crippen molar-refractivity contribution in [1.82, 2.24) is 14.9 Å². The average Bonchev–Trinajstić information content (AvgIpc) is 3.18. The zero-order valence-electron chi connectivity index (χ0n) is 13.9. The lowest BCUT2D eigenvalue weighted by Gasteiger charge is -2.27. The Bertz CT molecular complexity index is 541. The molecular weight excluding hydrogens is 286 g/mol. The van der Waals surface area contributed by atoms with Gasteiger partial charge in [-0.25, -0.2) is 0 Å². The number of carbonyl (C=O) groups excluding carboxylic acids is 1. The Hall–Kier alpha value is -1.45. The Morgan fingerprint density at radius 3 is 2.74 bits per heavy atom. The molecule has 4 nitrogen and oxygen atoms in total. The monoisotopic (exact) mass is 313 g/mol. The van der Waals surface area contributed by atoms with E-state index >= 15 is 0 Å². The molecule has 0 radical (unpaired) electrons. The number of hydrogen-bond acceptors (Lipinski definition) is 3. The molecule has 1 saturated heterocycles. The molecule has 2 saturated carbocycles. The van der Waals surface area contributed by atoms with Crippen LogP contribution in [0.4, 0.5) is 0 Å². The van der Waals surface area contributed by atoms with Crippen LogP contribution in [0, 0.1) is 23.7 Å². The molecule has 3 atom stereocenters. The predicted octanol–water partition coefficient (Wildman–Crippen LogP) is 3.08. The highest BCUT2D eigenvalue weighted by Gasteiger charge is 2.44. The Kier molecular flexibility index (Phi) is 4.32. The first-order chi connectivity index (χ1) is 11.3. The zero-order chi connectivity index (χ0) is 15.6. The van der Waals surface area contributed by atoms with Gasteiger partial charge in [-0.05, 0) is 49.9 Å². The van der Waals surface area contributed by atoms with Crippen molar-refractivity contribution < 1.29 is 4.79 Å². The third kappa shape index (κ3) is 3.13. The molecule has 1 amide bonds. The van der Waals surface area contributed by atoms with Gasteiger partial charge < -0.3 is 4.90 Å². The molecule has 0 unspecified atom stereocenters. The van der Waals surface area contributed by atoms with Crippen LogP contribution in [0.25, 0.3) is 0 Å². The van der Waals surface area contributed by atoms with Crippen LogP contribution in [0.1, 0.15) is 50.6 Å². The number of rotatable bonds is 3. The number of carbonyl (C=O) groups is 1. The number of likely N-dealkylation sites (tertiary alicyclic amines) is 1. The van der Waals surface area contributed by atoms with Crippen molar-refractivity contribution in [3.05, 3.63) is 24.3 Å². The number of fused-ring (bicyclic) bond motifs is 1. The summed E-state index contributed by atoms with van der Waals surface area (Å²) >= 11 is 0. The molecule has 1 aromatic heterocycles. The maximum atomic E-state index is 12.8. The van der Waals surface area contributed by atoms with E-state index in [2.05, 4.69) is 14.9 Å². The standard InChI is InChI=1S/C19H27N3O/c23-19(14-4-2-1-3-5-14)22-12-16-7-6-15(18(16)13-22)10-17-11-20-8-9-21-17/h8-9,11,14-16,18H,1-7,10,12-13H2/t15-,16-,18-/m1/s1. The Balaban J connectivity index is 1.38. The molecule has 4 rings (SSSR count). The van der Waals surface area contributed by atoms with E-state index in [0.717, 1.165) is 44.0 Å². The van der Waals surface area contributed by atoms with E-state index in [9.17, 15) is 4.79 Å². The van der Waals surface area contributed by atoms with Crippen LogP contribution in [-0.2, 0) is 11.2 Å². The first-order valence-electron chi connectivity index (χ1n) is 9.35. The van der Waals surface area contributed by atoms with E-state index in [1.165, 1.54) is 32.1 Å². The Morgan fingerprint density at radius 1 is 1.09 bits per heavy atom. The van der Waals surface area contributed by atoms with Gasteiger partial charge in [0.25, 0.3) is 0 Å². The van der Waals surface area contributed by atoms with E-state index in [-0.39, 0.29) is 0 Å². The molecular formula is C19H27N3O. The second-order valence-corrected chi connectivity index (χ2v) is 7.74. The minimum absolute atomic E-state index is 0.320. The van der Waals surface area contributed by atoms with Gasteiger partial charge in [0, 0.05) is 37.6 Å². The van der Waals surface area contributed by atoms with E-state index in [4.69, 9.17) is 0 Å². The Morgan fingerprint density at radius 2 is 1.96 bits per heavy atom. The van der Waals surface area contributed by atoms with E-state index in [1.807, 2.05) is 6.20 Å². The van der Waals surface area contributed by atoms with Gasteiger partial charge in [-0.15, -0.1) is 0 Å². The van der Waals surface area contributed by atoms with Crippen LogP contribution >= 0.6 is 0 Å². The second-order valence-electron chi connectivity index (χ2n) is 7.74. The summed E-state index contributed by atoms with van der Waals surface area (Å²) in [5, 5.41) is 0. The van der Waals surface area contributed by atoms with Gasteiger partial charge in [0.05, 0.1) is 5.69 Å². The maximum Gasteiger partial charge on any atom is 0.225 e. The van der Waals surface area contributed by atoms with Crippen LogP contribution in [0.3, 0.4) is 0 Å². The van der Waals surface area contributed by atoms with Gasteiger partial charge in [-0.3, -0.25) is 14.8 Å². The van der Waals surface area contributed by atoms with Gasteiger partial charge >= 0.3 is 0 Å². The molecule has 2 aliphatic carbocycles. The Labute approximate surface area is 138 Å². The summed E-state index contributed by atoms with van der Waals surface area (Å²) in [4.78, 5) is 23.6. The second kappa shape index (κ2) is 6.58. The van der Waals surface area contributed by atoms with Crippen molar-refractivity contribution in [2.24, 2.45) is 23.7 Å². The van der Waals surface area contributed by atoms with Gasteiger partial charge in [-0.1, -0.05) is 19.3 Å². The van der Waals surface area contributed by atoms with Crippen LogP contribution in [0.2, 0.25) is 0 Å². The molecule has 0 bridgehead atoms. The summed E-state index contributed by atoms with van der Waals surface area (Å²) in [6, 6.07) is 0. The van der Waals surface area contributed by atoms with Crippen molar-refractivity contribution in [3.63, 3.8) is 0 Å². The van der Waals surface area contributed by atoms with E-state index in [1.54, 1.807) is 12.4 Å². The van der Waals surface area contributed by atoms with Crippen LogP contribution in [0.15, 0.2) is 18.6 Å². The molecule has 23 heavy (non-hydrogen) atoms. The first kappa shape index (κ1) is 15.1. The molecule has 1 aliphatic heterocycles. The predicted molar refractivity (Wildman–Crippen MR) is 88.6 cm³/mol.